The van der Waals surface area contributed by atoms with E-state index >= 15 is 0 Å². The van der Waals surface area contributed by atoms with Crippen molar-refractivity contribution in [3.63, 3.8) is 0 Å². The second kappa shape index (κ2) is 6.37. The number of hydrogen-bond acceptors (Lipinski definition) is 3. The number of thiazole rings is 1. The van der Waals surface area contributed by atoms with Gasteiger partial charge in [0.2, 0.25) is 4.80 Å². The summed E-state index contributed by atoms with van der Waals surface area (Å²) in [4.78, 5) is 1.70. The number of aromatic nitrogens is 1. The molecule has 0 spiro atoms. The number of hydrogen-bond donors (Lipinski definition) is 0. The quantitative estimate of drug-likeness (QED) is 0.717. The van der Waals surface area contributed by atoms with Gasteiger partial charge in [0.05, 0.1) is 10.6 Å². The van der Waals surface area contributed by atoms with Crippen LogP contribution in [-0.2, 0) is 17.1 Å². The molecule has 0 aliphatic heterocycles. The summed E-state index contributed by atoms with van der Waals surface area (Å²) in [5.74, 6) is 0. The predicted molar refractivity (Wildman–Crippen MR) is 97.4 cm³/mol. The summed E-state index contributed by atoms with van der Waals surface area (Å²) >= 11 is 1.38. The Balaban J connectivity index is 2.14. The zero-order valence-electron chi connectivity index (χ0n) is 13.7. The van der Waals surface area contributed by atoms with Crippen LogP contribution in [0.1, 0.15) is 10.4 Å². The smallest absolute Gasteiger partial charge is 0.285 e. The van der Waals surface area contributed by atoms with E-state index in [-0.39, 0.29) is 4.90 Å². The Bertz CT molecular complexity index is 1030. The van der Waals surface area contributed by atoms with Gasteiger partial charge < -0.3 is 4.57 Å². The van der Waals surface area contributed by atoms with E-state index < -0.39 is 10.0 Å². The number of sulfonamides is 1. The zero-order chi connectivity index (χ0) is 17.3. The minimum absolute atomic E-state index is 0.209. The molecule has 0 unspecified atom stereocenters. The lowest BCUT2D eigenvalue weighted by molar-refractivity contribution is 0.596. The third-order valence-electron chi connectivity index (χ3n) is 3.76. The first kappa shape index (κ1) is 16.7. The maximum Gasteiger partial charge on any atom is 0.285 e. The summed E-state index contributed by atoms with van der Waals surface area (Å²) < 4.78 is 31.0. The van der Waals surface area contributed by atoms with Gasteiger partial charge in [-0.2, -0.15) is 8.42 Å². The number of rotatable bonds is 3. The van der Waals surface area contributed by atoms with Crippen LogP contribution in [0.15, 0.2) is 63.9 Å². The van der Waals surface area contributed by atoms with Crippen LogP contribution in [0.25, 0.3) is 11.3 Å². The Labute approximate surface area is 145 Å². The van der Waals surface area contributed by atoms with Gasteiger partial charge in [0.15, 0.2) is 0 Å². The lowest BCUT2D eigenvalue weighted by atomic mass is 10.1. The fraction of sp³-hybridized carbons (Fsp3) is 0.167. The van der Waals surface area contributed by atoms with Gasteiger partial charge in [0.25, 0.3) is 10.0 Å². The molecule has 0 atom stereocenters. The van der Waals surface area contributed by atoms with E-state index in [2.05, 4.69) is 4.40 Å². The van der Waals surface area contributed by atoms with Crippen molar-refractivity contribution in [2.45, 2.75) is 18.7 Å². The molecule has 3 rings (SSSR count). The SMILES string of the molecule is Cc1ccc(S(=O)(=O)N=c2sc(C)c(-c3ccccc3)n2C)cc1. The van der Waals surface area contributed by atoms with E-state index in [1.807, 2.05) is 55.8 Å². The summed E-state index contributed by atoms with van der Waals surface area (Å²) in [6.07, 6.45) is 0. The van der Waals surface area contributed by atoms with Crippen molar-refractivity contribution in [1.29, 1.82) is 0 Å². The molecule has 1 heterocycles. The Morgan fingerprint density at radius 2 is 1.58 bits per heavy atom. The molecule has 6 heteroatoms. The molecular formula is C18H18N2O2S2. The van der Waals surface area contributed by atoms with E-state index in [0.717, 1.165) is 21.7 Å². The van der Waals surface area contributed by atoms with Crippen LogP contribution in [0.2, 0.25) is 0 Å². The molecule has 0 saturated heterocycles. The van der Waals surface area contributed by atoms with Gasteiger partial charge >= 0.3 is 0 Å². The second-order valence-corrected chi connectivity index (χ2v) is 8.38. The highest BCUT2D eigenvalue weighted by atomic mass is 32.2. The minimum Gasteiger partial charge on any atom is -0.319 e. The van der Waals surface area contributed by atoms with Crippen LogP contribution in [0.3, 0.4) is 0 Å². The third-order valence-corrected chi connectivity index (χ3v) is 6.21. The first-order valence-electron chi connectivity index (χ1n) is 7.48. The largest absolute Gasteiger partial charge is 0.319 e. The van der Waals surface area contributed by atoms with Crippen molar-refractivity contribution >= 4 is 21.4 Å². The third kappa shape index (κ3) is 3.20. The molecule has 1 aromatic heterocycles. The maximum atomic E-state index is 12.5. The van der Waals surface area contributed by atoms with Gasteiger partial charge in [0, 0.05) is 11.9 Å². The number of nitrogens with zero attached hydrogens (tertiary/aromatic N) is 2. The molecule has 0 bridgehead atoms. The van der Waals surface area contributed by atoms with Gasteiger partial charge in [-0.3, -0.25) is 0 Å². The lowest BCUT2D eigenvalue weighted by Gasteiger charge is -2.04. The molecular weight excluding hydrogens is 340 g/mol. The number of aryl methyl sites for hydroxylation is 2. The van der Waals surface area contributed by atoms with Crippen molar-refractivity contribution in [1.82, 2.24) is 4.57 Å². The Morgan fingerprint density at radius 3 is 2.21 bits per heavy atom. The predicted octanol–water partition coefficient (Wildman–Crippen LogP) is 3.66. The number of benzene rings is 2. The highest BCUT2D eigenvalue weighted by molar-refractivity contribution is 7.90. The Hall–Kier alpha value is -2.18. The van der Waals surface area contributed by atoms with Gasteiger partial charge in [0.1, 0.15) is 0 Å². The molecule has 0 aliphatic carbocycles. The van der Waals surface area contributed by atoms with E-state index in [1.165, 1.54) is 11.3 Å². The second-order valence-electron chi connectivity index (χ2n) is 5.59. The normalized spacial score (nSPS) is 12.5. The standard InChI is InChI=1S/C18H18N2O2S2/c1-13-9-11-16(12-10-13)24(21,22)19-18-20(3)17(14(2)23-18)15-7-5-4-6-8-15/h4-12H,1-3H3. The van der Waals surface area contributed by atoms with E-state index in [9.17, 15) is 8.42 Å². The molecule has 0 fully saturated rings. The van der Waals surface area contributed by atoms with Crippen LogP contribution in [-0.4, -0.2) is 13.0 Å². The topological polar surface area (TPSA) is 51.4 Å². The van der Waals surface area contributed by atoms with Crippen molar-refractivity contribution in [3.05, 3.63) is 69.8 Å². The first-order chi connectivity index (χ1) is 11.4. The molecule has 0 aliphatic rings. The van der Waals surface area contributed by atoms with Crippen molar-refractivity contribution in [2.75, 3.05) is 0 Å². The summed E-state index contributed by atoms with van der Waals surface area (Å²) in [7, 11) is -1.88. The molecule has 0 saturated carbocycles. The van der Waals surface area contributed by atoms with Crippen molar-refractivity contribution in [3.8, 4) is 11.3 Å². The van der Waals surface area contributed by atoms with E-state index in [1.54, 1.807) is 24.3 Å². The summed E-state index contributed by atoms with van der Waals surface area (Å²) in [5.41, 5.74) is 3.04. The fourth-order valence-corrected chi connectivity index (χ4v) is 4.73. The van der Waals surface area contributed by atoms with Gasteiger partial charge in [-0.15, -0.1) is 15.7 Å². The van der Waals surface area contributed by atoms with E-state index in [4.69, 9.17) is 0 Å². The summed E-state index contributed by atoms with van der Waals surface area (Å²) in [6, 6.07) is 16.6. The molecule has 4 nitrogen and oxygen atoms in total. The monoisotopic (exact) mass is 358 g/mol. The van der Waals surface area contributed by atoms with Gasteiger partial charge in [-0.25, -0.2) is 0 Å². The Kier molecular flexibility index (Phi) is 4.43. The van der Waals surface area contributed by atoms with Gasteiger partial charge in [-0.1, -0.05) is 48.0 Å². The van der Waals surface area contributed by atoms with Crippen molar-refractivity contribution in [2.24, 2.45) is 11.4 Å². The highest BCUT2D eigenvalue weighted by Crippen LogP contribution is 2.24. The molecule has 2 aromatic carbocycles. The molecule has 24 heavy (non-hydrogen) atoms. The molecule has 0 amide bonds. The Morgan fingerprint density at radius 1 is 0.958 bits per heavy atom. The first-order valence-corrected chi connectivity index (χ1v) is 9.73. The van der Waals surface area contributed by atoms with Crippen molar-refractivity contribution < 1.29 is 8.42 Å². The van der Waals surface area contributed by atoms with Gasteiger partial charge in [-0.05, 0) is 31.5 Å². The zero-order valence-corrected chi connectivity index (χ0v) is 15.4. The molecule has 124 valence electrons. The van der Waals surface area contributed by atoms with Crippen LogP contribution in [0, 0.1) is 13.8 Å². The minimum atomic E-state index is -3.72. The summed E-state index contributed by atoms with van der Waals surface area (Å²) in [6.45, 7) is 3.90. The highest BCUT2D eigenvalue weighted by Gasteiger charge is 2.15. The van der Waals surface area contributed by atoms with Crippen LogP contribution in [0.5, 0.6) is 0 Å². The molecule has 0 N–H and O–H groups in total. The summed E-state index contributed by atoms with van der Waals surface area (Å²) in [5, 5.41) is 0. The van der Waals surface area contributed by atoms with Crippen LogP contribution in [0.4, 0.5) is 0 Å². The van der Waals surface area contributed by atoms with Crippen LogP contribution < -0.4 is 4.80 Å². The average Bonchev–Trinajstić information content (AvgIpc) is 2.82. The van der Waals surface area contributed by atoms with E-state index in [0.29, 0.717) is 4.80 Å². The average molecular weight is 358 g/mol. The maximum absolute atomic E-state index is 12.5. The fourth-order valence-electron chi connectivity index (χ4n) is 2.52. The molecule has 0 radical (unpaired) electrons. The van der Waals surface area contributed by atoms with Crippen LogP contribution >= 0.6 is 11.3 Å². The lowest BCUT2D eigenvalue weighted by Crippen LogP contribution is -2.14. The molecule has 3 aromatic rings.